The molecule has 1 aliphatic rings. The van der Waals surface area contributed by atoms with E-state index in [-0.39, 0.29) is 6.29 Å². The summed E-state index contributed by atoms with van der Waals surface area (Å²) >= 11 is 0. The molecule has 0 N–H and O–H groups in total. The molecular weight excluding hydrogens is 568 g/mol. The van der Waals surface area contributed by atoms with Gasteiger partial charge in [0.15, 0.2) is 6.29 Å². The van der Waals surface area contributed by atoms with E-state index in [4.69, 9.17) is 23.7 Å². The van der Waals surface area contributed by atoms with Gasteiger partial charge in [0.05, 0.1) is 17.7 Å². The monoisotopic (exact) mass is 616 g/mol. The van der Waals surface area contributed by atoms with Crippen LogP contribution in [0.25, 0.3) is 0 Å². The normalized spacial score (nSPS) is 14.6. The highest BCUT2D eigenvalue weighted by molar-refractivity contribution is 5.92. The molecular formula is C38H48O7. The zero-order chi connectivity index (χ0) is 31.7. The van der Waals surface area contributed by atoms with Crippen LogP contribution in [-0.4, -0.2) is 38.0 Å². The number of rotatable bonds is 18. The average Bonchev–Trinajstić information content (AvgIpc) is 3.05. The van der Waals surface area contributed by atoms with Crippen LogP contribution in [0.1, 0.15) is 109 Å². The van der Waals surface area contributed by atoms with Crippen molar-refractivity contribution in [2.75, 3.05) is 19.8 Å². The SMILES string of the molecule is Cc1ccc(C(=O)Oc2ccc(OC(=O)c3ccc(OCCCCCCCCCCCOC4CCCCO4)cc3)c(C)c2)cc1. The summed E-state index contributed by atoms with van der Waals surface area (Å²) < 4.78 is 28.3. The lowest BCUT2D eigenvalue weighted by Crippen LogP contribution is -2.22. The van der Waals surface area contributed by atoms with Gasteiger partial charge in [-0.3, -0.25) is 0 Å². The van der Waals surface area contributed by atoms with E-state index in [1.54, 1.807) is 61.5 Å². The van der Waals surface area contributed by atoms with Crippen LogP contribution in [0.15, 0.2) is 66.7 Å². The van der Waals surface area contributed by atoms with E-state index in [0.29, 0.717) is 34.8 Å². The number of carbonyl (C=O) groups is 2. The molecule has 0 radical (unpaired) electrons. The number of esters is 2. The predicted octanol–water partition coefficient (Wildman–Crippen LogP) is 9.17. The van der Waals surface area contributed by atoms with E-state index >= 15 is 0 Å². The Hall–Kier alpha value is -3.68. The molecule has 7 nitrogen and oxygen atoms in total. The van der Waals surface area contributed by atoms with Crippen LogP contribution < -0.4 is 14.2 Å². The molecule has 0 aliphatic carbocycles. The maximum Gasteiger partial charge on any atom is 0.343 e. The topological polar surface area (TPSA) is 80.3 Å². The summed E-state index contributed by atoms with van der Waals surface area (Å²) in [4.78, 5) is 25.1. The average molecular weight is 617 g/mol. The molecule has 0 amide bonds. The lowest BCUT2D eigenvalue weighted by molar-refractivity contribution is -0.162. The Morgan fingerprint density at radius 2 is 1.24 bits per heavy atom. The molecule has 0 saturated carbocycles. The van der Waals surface area contributed by atoms with E-state index in [1.807, 2.05) is 19.1 Å². The van der Waals surface area contributed by atoms with Gasteiger partial charge in [0, 0.05) is 13.2 Å². The summed E-state index contributed by atoms with van der Waals surface area (Å²) in [6.45, 7) is 6.09. The van der Waals surface area contributed by atoms with Gasteiger partial charge in [0.1, 0.15) is 17.2 Å². The number of unbranched alkanes of at least 4 members (excludes halogenated alkanes) is 8. The van der Waals surface area contributed by atoms with Crippen molar-refractivity contribution in [3.05, 3.63) is 89.0 Å². The van der Waals surface area contributed by atoms with Crippen LogP contribution in [0.4, 0.5) is 0 Å². The van der Waals surface area contributed by atoms with Crippen molar-refractivity contribution >= 4 is 11.9 Å². The van der Waals surface area contributed by atoms with Gasteiger partial charge < -0.3 is 23.7 Å². The van der Waals surface area contributed by atoms with Crippen LogP contribution >= 0.6 is 0 Å². The van der Waals surface area contributed by atoms with Crippen molar-refractivity contribution in [1.29, 1.82) is 0 Å². The molecule has 0 bridgehead atoms. The first-order valence-electron chi connectivity index (χ1n) is 16.6. The van der Waals surface area contributed by atoms with Crippen molar-refractivity contribution in [3.63, 3.8) is 0 Å². The van der Waals surface area contributed by atoms with Gasteiger partial charge in [-0.05, 0) is 106 Å². The Balaban J connectivity index is 1.04. The smallest absolute Gasteiger partial charge is 0.343 e. The molecule has 0 aromatic heterocycles. The minimum Gasteiger partial charge on any atom is -0.494 e. The van der Waals surface area contributed by atoms with Gasteiger partial charge in [-0.15, -0.1) is 0 Å². The molecule has 4 rings (SSSR count). The molecule has 1 atom stereocenters. The molecule has 242 valence electrons. The molecule has 1 fully saturated rings. The fraction of sp³-hybridized carbons (Fsp3) is 0.474. The Kier molecular flexibility index (Phi) is 14.4. The molecule has 1 aliphatic heterocycles. The Bertz CT molecular complexity index is 1310. The fourth-order valence-corrected chi connectivity index (χ4v) is 5.19. The summed E-state index contributed by atoms with van der Waals surface area (Å²) in [6.07, 6.45) is 14.4. The lowest BCUT2D eigenvalue weighted by Gasteiger charge is -2.22. The predicted molar refractivity (Wildman–Crippen MR) is 175 cm³/mol. The van der Waals surface area contributed by atoms with E-state index in [0.717, 1.165) is 50.2 Å². The second-order valence-electron chi connectivity index (χ2n) is 11.8. The maximum atomic E-state index is 12.7. The first-order chi connectivity index (χ1) is 22.0. The van der Waals surface area contributed by atoms with Crippen LogP contribution in [0, 0.1) is 13.8 Å². The first-order valence-corrected chi connectivity index (χ1v) is 16.6. The molecule has 45 heavy (non-hydrogen) atoms. The third-order valence-electron chi connectivity index (χ3n) is 7.94. The van der Waals surface area contributed by atoms with Gasteiger partial charge in [-0.1, -0.05) is 62.6 Å². The summed E-state index contributed by atoms with van der Waals surface area (Å²) in [5.41, 5.74) is 2.66. The van der Waals surface area contributed by atoms with E-state index in [9.17, 15) is 9.59 Å². The van der Waals surface area contributed by atoms with Crippen LogP contribution in [0.2, 0.25) is 0 Å². The lowest BCUT2D eigenvalue weighted by atomic mass is 10.1. The zero-order valence-electron chi connectivity index (χ0n) is 26.9. The second kappa shape index (κ2) is 19.0. The van der Waals surface area contributed by atoms with E-state index < -0.39 is 11.9 Å². The van der Waals surface area contributed by atoms with E-state index in [2.05, 4.69) is 0 Å². The Morgan fingerprint density at radius 3 is 1.87 bits per heavy atom. The summed E-state index contributed by atoms with van der Waals surface area (Å²) in [6, 6.07) is 19.1. The highest BCUT2D eigenvalue weighted by Gasteiger charge is 2.14. The van der Waals surface area contributed by atoms with Crippen molar-refractivity contribution in [2.45, 2.75) is 97.2 Å². The maximum absolute atomic E-state index is 12.7. The van der Waals surface area contributed by atoms with Gasteiger partial charge in [0.2, 0.25) is 0 Å². The van der Waals surface area contributed by atoms with Crippen LogP contribution in [0.5, 0.6) is 17.2 Å². The van der Waals surface area contributed by atoms with Crippen molar-refractivity contribution in [3.8, 4) is 17.2 Å². The number of hydrogen-bond acceptors (Lipinski definition) is 7. The first kappa shape index (κ1) is 34.2. The second-order valence-corrected chi connectivity index (χ2v) is 11.8. The van der Waals surface area contributed by atoms with Crippen molar-refractivity contribution < 1.29 is 33.3 Å². The largest absolute Gasteiger partial charge is 0.494 e. The fourth-order valence-electron chi connectivity index (χ4n) is 5.19. The van der Waals surface area contributed by atoms with Gasteiger partial charge >= 0.3 is 11.9 Å². The third kappa shape index (κ3) is 12.3. The number of benzene rings is 3. The third-order valence-corrected chi connectivity index (χ3v) is 7.94. The number of hydrogen-bond donors (Lipinski definition) is 0. The Morgan fingerprint density at radius 1 is 0.667 bits per heavy atom. The molecule has 0 spiro atoms. The van der Waals surface area contributed by atoms with Gasteiger partial charge in [0.25, 0.3) is 0 Å². The highest BCUT2D eigenvalue weighted by Crippen LogP contribution is 2.25. The number of carbonyl (C=O) groups excluding carboxylic acids is 2. The number of ether oxygens (including phenoxy) is 5. The van der Waals surface area contributed by atoms with Gasteiger partial charge in [-0.25, -0.2) is 9.59 Å². The minimum absolute atomic E-state index is 0.0398. The number of aryl methyl sites for hydroxylation is 2. The molecule has 7 heteroatoms. The summed E-state index contributed by atoms with van der Waals surface area (Å²) in [5.74, 6) is 0.631. The van der Waals surface area contributed by atoms with Gasteiger partial charge in [-0.2, -0.15) is 0 Å². The van der Waals surface area contributed by atoms with Crippen LogP contribution in [-0.2, 0) is 9.47 Å². The van der Waals surface area contributed by atoms with Crippen LogP contribution in [0.3, 0.4) is 0 Å². The molecule has 3 aromatic carbocycles. The zero-order valence-corrected chi connectivity index (χ0v) is 26.9. The molecule has 1 heterocycles. The van der Waals surface area contributed by atoms with E-state index in [1.165, 1.54) is 51.4 Å². The molecule has 1 unspecified atom stereocenters. The molecule has 3 aromatic rings. The standard InChI is InChI=1S/C38H48O7/c1-29-15-17-31(18-16-29)37(39)44-34-23-24-35(30(2)28-34)45-38(40)32-19-21-33(22-20-32)41-25-11-8-6-4-3-5-7-9-12-26-42-36-14-10-13-27-43-36/h15-24,28,36H,3-14,25-27H2,1-2H3. The minimum atomic E-state index is -0.462. The highest BCUT2D eigenvalue weighted by atomic mass is 16.7. The van der Waals surface area contributed by atoms with Crippen molar-refractivity contribution in [2.24, 2.45) is 0 Å². The Labute approximate surface area is 268 Å². The molecule has 1 saturated heterocycles. The summed E-state index contributed by atoms with van der Waals surface area (Å²) in [7, 11) is 0. The summed E-state index contributed by atoms with van der Waals surface area (Å²) in [5, 5.41) is 0. The van der Waals surface area contributed by atoms with Crippen molar-refractivity contribution in [1.82, 2.24) is 0 Å². The quantitative estimate of drug-likeness (QED) is 0.0801.